The van der Waals surface area contributed by atoms with E-state index in [2.05, 4.69) is 27.7 Å². The minimum Gasteiger partial charge on any atom is -0.467 e. The Morgan fingerprint density at radius 3 is 1.14 bits per heavy atom. The van der Waals surface area contributed by atoms with Crippen molar-refractivity contribution < 1.29 is 110 Å². The molecule has 6 aliphatic heterocycles. The van der Waals surface area contributed by atoms with Gasteiger partial charge in [-0.05, 0) is 71.3 Å². The Kier molecular flexibility index (Phi) is 38.5. The van der Waals surface area contributed by atoms with Crippen LogP contribution in [0.5, 0.6) is 0 Å². The summed E-state index contributed by atoms with van der Waals surface area (Å²) in [6.45, 7) is 33.2. The quantitative estimate of drug-likeness (QED) is 0.0168. The molecule has 0 radical (unpaired) electrons. The fourth-order valence-electron chi connectivity index (χ4n) is 15.0. The molecule has 4 aromatic carbocycles. The van der Waals surface area contributed by atoms with E-state index < -0.39 is 125 Å². The van der Waals surface area contributed by atoms with Crippen molar-refractivity contribution in [1.29, 1.82) is 5.41 Å². The monoisotopic (exact) mass is 1710 g/mol. The maximum Gasteiger partial charge on any atom is 0.337 e. The molecule has 0 amide bonds. The number of aliphatic hydroxyl groups is 1. The third-order valence-electron chi connectivity index (χ3n) is 22.9. The highest BCUT2D eigenvalue weighted by molar-refractivity contribution is 7.99. The molecule has 6 aliphatic rings. The summed E-state index contributed by atoms with van der Waals surface area (Å²) in [5, 5.41) is 18.9. The van der Waals surface area contributed by atoms with Crippen LogP contribution in [0, 0.1) is 64.6 Å². The van der Waals surface area contributed by atoms with Gasteiger partial charge in [-0.15, -0.1) is 23.5 Å². The van der Waals surface area contributed by atoms with Crippen LogP contribution in [0.3, 0.4) is 0 Å². The van der Waals surface area contributed by atoms with E-state index in [4.69, 9.17) is 125 Å². The van der Waals surface area contributed by atoms with Crippen LogP contribution in [0.4, 0.5) is 0 Å². The van der Waals surface area contributed by atoms with Crippen molar-refractivity contribution in [3.8, 4) is 0 Å². The zero-order valence-corrected chi connectivity index (χ0v) is 73.3. The Bertz CT molecular complexity index is 3570. The van der Waals surface area contributed by atoms with Crippen molar-refractivity contribution in [2.45, 2.75) is 262 Å². The lowest BCUT2D eigenvalue weighted by Crippen LogP contribution is -2.63. The van der Waals surface area contributed by atoms with Gasteiger partial charge in [0.2, 0.25) is 12.2 Å². The van der Waals surface area contributed by atoms with Gasteiger partial charge in [0.15, 0.2) is 43.3 Å². The van der Waals surface area contributed by atoms with Gasteiger partial charge in [-0.2, -0.15) is 0 Å². The SMILES string of the molecule is CC1C(OC(=N)C(Cl)(Cl)Cl)OC(COCc2ccccc2)[C@H](OCc2ccccc2)[C@@H]1C.CCS[C@H]1OC(C(=O)OC)[C@H](O[C@@H]2O[C@@H](C)[C@H](C)C(C)C2OC(C)=O)[C@H](O)C1C.CCS[C@H]1OC(C(=O)OC)[C@H](O[C@@H]2O[C@@H](C)[C@H](C)C(C)C2OC(C)=O)[C@H](O[C@@H]2OC(COCc3ccccc3)[C@H](OCc3ccccc3)[C@H](C)C2C)C1C. The lowest BCUT2D eigenvalue weighted by atomic mass is 9.83. The highest BCUT2D eigenvalue weighted by Gasteiger charge is 2.57. The molecule has 642 valence electrons. The summed E-state index contributed by atoms with van der Waals surface area (Å²) in [6, 6.07) is 40.0. The van der Waals surface area contributed by atoms with Crippen molar-refractivity contribution in [3.05, 3.63) is 144 Å². The van der Waals surface area contributed by atoms with E-state index in [9.17, 15) is 24.3 Å². The van der Waals surface area contributed by atoms with Gasteiger partial charge < -0.3 is 90.4 Å². The number of ether oxygens (including phenoxy) is 18. The van der Waals surface area contributed by atoms with Crippen LogP contribution < -0.4 is 0 Å². The molecule has 0 aliphatic carbocycles. The highest BCUT2D eigenvalue weighted by Crippen LogP contribution is 2.45. The van der Waals surface area contributed by atoms with Gasteiger partial charge in [0.1, 0.15) is 35.3 Å². The van der Waals surface area contributed by atoms with Gasteiger partial charge in [0.25, 0.3) is 3.79 Å². The molecule has 10 rings (SSSR count). The number of halogens is 3. The summed E-state index contributed by atoms with van der Waals surface area (Å²) < 4.78 is 108. The smallest absolute Gasteiger partial charge is 0.337 e. The number of esters is 4. The van der Waals surface area contributed by atoms with Gasteiger partial charge in [0, 0.05) is 49.4 Å². The standard InChI is InChI=1S/C42H60O11S.C24H28Cl3NO4.C20H34O8S/c1-10-54-42-28(6)35(37(38(53-42)39(44)45-9)52-41-36(49-30(8)43)25(3)24(2)29(7)48-41)51-40-27(5)26(4)34(47-22-32-19-15-12-16-20-32)33(50-40)23-46-21-31-17-13-11-14-18-31;1-16-17(2)22(32-23(28)24(25,26)27)31-20(15-29-13-18-9-5-3-6-10-18)21(16)30-14-19-11-7-4-8-12-19;1-8-29-20-11(4)14(22)16(17(28-20)18(23)24-7)27-19-15(26-13(6)21)10(3)9(2)12(5)25-19/h11-20,24-29,33-38,40-42H,10,21-23H2,1-9H3;3-12,16-17,20-22,28H,13-15H2,1-2H3;9-12,14-17,19-20,22H,8H2,1-7H3/t24-,25?,26-,27?,28?,29+,33?,34-,35-,36?,37-,38?,40+,41+,42-;16-,17?,20?,21-,22?;9-,10?,11?,12+,14-,15?,16-,17?,19+,20-/m111/s1. The number of rotatable bonds is 29. The van der Waals surface area contributed by atoms with Gasteiger partial charge in [-0.1, -0.05) is 239 Å². The molecule has 6 heterocycles. The fourth-order valence-corrected chi connectivity index (χ4v) is 17.1. The second-order valence-corrected chi connectivity index (χ2v) is 35.8. The van der Waals surface area contributed by atoms with Gasteiger partial charge in [-0.3, -0.25) is 15.0 Å². The normalized spacial score (nSPS) is 35.4. The van der Waals surface area contributed by atoms with Crippen LogP contribution >= 0.6 is 58.3 Å². The number of benzene rings is 4. The maximum atomic E-state index is 13.5. The number of hydrogen-bond donors (Lipinski definition) is 2. The number of carbonyl (C=O) groups excluding carboxylic acids is 4. The summed E-state index contributed by atoms with van der Waals surface area (Å²) in [4.78, 5) is 49.8. The number of nitrogens with one attached hydrogen (secondary N) is 1. The van der Waals surface area contributed by atoms with Gasteiger partial charge >= 0.3 is 23.9 Å². The second-order valence-electron chi connectivity index (χ2n) is 30.8. The molecular weight excluding hydrogens is 1590 g/mol. The molecule has 0 saturated carbocycles. The molecule has 30 atom stereocenters. The van der Waals surface area contributed by atoms with Crippen LogP contribution in [0.1, 0.15) is 133 Å². The van der Waals surface area contributed by atoms with Crippen molar-refractivity contribution in [2.75, 3.05) is 38.9 Å². The number of aliphatic hydroxyl groups excluding tert-OH is 1. The molecule has 115 heavy (non-hydrogen) atoms. The molecule has 29 heteroatoms. The van der Waals surface area contributed by atoms with Crippen LogP contribution in [0.25, 0.3) is 0 Å². The Balaban J connectivity index is 0.000000232. The third kappa shape index (κ3) is 26.6. The first-order valence-electron chi connectivity index (χ1n) is 40.0. The minimum atomic E-state index is -1.95. The van der Waals surface area contributed by atoms with Gasteiger partial charge in [-0.25, -0.2) is 9.59 Å². The number of alkyl halides is 3. The van der Waals surface area contributed by atoms with E-state index in [0.29, 0.717) is 33.0 Å². The number of carbonyl (C=O) groups is 4. The maximum absolute atomic E-state index is 13.5. The third-order valence-corrected chi connectivity index (χ3v) is 25.8. The Morgan fingerprint density at radius 1 is 0.409 bits per heavy atom. The van der Waals surface area contributed by atoms with Crippen molar-refractivity contribution in [2.24, 2.45) is 59.2 Å². The highest BCUT2D eigenvalue weighted by atomic mass is 35.6. The van der Waals surface area contributed by atoms with Crippen molar-refractivity contribution >= 4 is 88.1 Å². The van der Waals surface area contributed by atoms with E-state index in [1.165, 1.54) is 39.8 Å². The minimum absolute atomic E-state index is 0.00253. The molecular formula is C86H122Cl3NO23S2. The van der Waals surface area contributed by atoms with E-state index in [-0.39, 0.29) is 95.6 Å². The Labute approximate surface area is 703 Å². The van der Waals surface area contributed by atoms with E-state index in [0.717, 1.165) is 33.8 Å². The second kappa shape index (κ2) is 46.3. The topological polar surface area (TPSA) is 278 Å². The number of methoxy groups -OCH3 is 2. The Morgan fingerprint density at radius 2 is 0.757 bits per heavy atom. The zero-order valence-electron chi connectivity index (χ0n) is 69.4. The van der Waals surface area contributed by atoms with Crippen molar-refractivity contribution in [3.63, 3.8) is 0 Å². The van der Waals surface area contributed by atoms with E-state index >= 15 is 0 Å². The summed E-state index contributed by atoms with van der Waals surface area (Å²) >= 11 is 20.5. The predicted octanol–water partition coefficient (Wildman–Crippen LogP) is 14.9. The van der Waals surface area contributed by atoms with Crippen LogP contribution in [-0.2, 0) is 131 Å². The Hall–Kier alpha value is -4.76. The lowest BCUT2D eigenvalue weighted by molar-refractivity contribution is -0.346. The predicted molar refractivity (Wildman–Crippen MR) is 438 cm³/mol. The van der Waals surface area contributed by atoms with Crippen LogP contribution in [0.2, 0.25) is 0 Å². The summed E-state index contributed by atoms with van der Waals surface area (Å²) in [5.74, 6) is -1.68. The average molecular weight is 1710 g/mol. The molecule has 2 N–H and O–H groups in total. The van der Waals surface area contributed by atoms with Crippen molar-refractivity contribution in [1.82, 2.24) is 0 Å². The molecule has 0 bridgehead atoms. The zero-order chi connectivity index (χ0) is 84.0. The largest absolute Gasteiger partial charge is 0.467 e. The fraction of sp³-hybridized carbons (Fsp3) is 0.663. The number of hydrogen-bond acceptors (Lipinski definition) is 26. The van der Waals surface area contributed by atoms with Crippen LogP contribution in [0.15, 0.2) is 121 Å². The van der Waals surface area contributed by atoms with E-state index in [1.54, 1.807) is 11.8 Å². The van der Waals surface area contributed by atoms with Gasteiger partial charge in [0.05, 0.1) is 90.5 Å². The first-order valence-corrected chi connectivity index (χ1v) is 43.2. The summed E-state index contributed by atoms with van der Waals surface area (Å²) in [5.41, 5.74) is 3.50. The molecule has 0 spiro atoms. The van der Waals surface area contributed by atoms with E-state index in [1.807, 2.05) is 191 Å². The average Bonchev–Trinajstić information content (AvgIpc) is 0.765. The molecule has 4 aromatic rings. The molecule has 6 saturated heterocycles. The lowest BCUT2D eigenvalue weighted by Gasteiger charge is -2.50. The molecule has 0 aromatic heterocycles. The van der Waals surface area contributed by atoms with Crippen LogP contribution in [-0.4, -0.2) is 199 Å². The molecule has 13 unspecified atom stereocenters. The first-order chi connectivity index (χ1) is 54.8. The summed E-state index contributed by atoms with van der Waals surface area (Å²) in [7, 11) is 2.59. The summed E-state index contributed by atoms with van der Waals surface area (Å²) in [6.07, 6.45) is -12.4. The molecule has 6 fully saturated rings. The molecule has 24 nitrogen and oxygen atoms in total. The first kappa shape index (κ1) is 95.7. The number of thioether (sulfide) groups is 2.